The van der Waals surface area contributed by atoms with Crippen LogP contribution in [0.4, 0.5) is 0 Å². The molecule has 156 valence electrons. The first-order valence-corrected chi connectivity index (χ1v) is 10.6. The summed E-state index contributed by atoms with van der Waals surface area (Å²) in [7, 11) is 1.81. The van der Waals surface area contributed by atoms with Crippen LogP contribution in [0.15, 0.2) is 65.7 Å². The van der Waals surface area contributed by atoms with Crippen molar-refractivity contribution < 1.29 is 9.47 Å². The van der Waals surface area contributed by atoms with Gasteiger partial charge in [-0.1, -0.05) is 60.7 Å². The molecule has 0 bridgehead atoms. The van der Waals surface area contributed by atoms with E-state index in [1.807, 2.05) is 31.3 Å². The SMILES string of the molecule is CN=C(NCCCOC(C)c1ccccc1)NCC1CCOC1c1ccccc1. The van der Waals surface area contributed by atoms with E-state index in [0.717, 1.165) is 38.5 Å². The van der Waals surface area contributed by atoms with Crippen LogP contribution in [-0.4, -0.2) is 39.3 Å². The molecule has 2 N–H and O–H groups in total. The third-order valence-electron chi connectivity index (χ3n) is 5.35. The van der Waals surface area contributed by atoms with Gasteiger partial charge in [0.1, 0.15) is 0 Å². The van der Waals surface area contributed by atoms with Crippen LogP contribution in [0.2, 0.25) is 0 Å². The first-order valence-electron chi connectivity index (χ1n) is 10.6. The quantitative estimate of drug-likeness (QED) is 0.381. The Morgan fingerprint density at radius 2 is 1.83 bits per heavy atom. The maximum Gasteiger partial charge on any atom is 0.190 e. The van der Waals surface area contributed by atoms with E-state index in [1.165, 1.54) is 11.1 Å². The van der Waals surface area contributed by atoms with E-state index in [9.17, 15) is 0 Å². The zero-order valence-corrected chi connectivity index (χ0v) is 17.5. The van der Waals surface area contributed by atoms with Crippen LogP contribution in [0, 0.1) is 5.92 Å². The predicted octanol–water partition coefficient (Wildman–Crippen LogP) is 4.10. The number of hydrogen-bond donors (Lipinski definition) is 2. The largest absolute Gasteiger partial charge is 0.374 e. The normalized spacial score (nSPS) is 20.4. The second-order valence-electron chi connectivity index (χ2n) is 7.41. The number of nitrogens with zero attached hydrogens (tertiary/aromatic N) is 1. The summed E-state index contributed by atoms with van der Waals surface area (Å²) >= 11 is 0. The van der Waals surface area contributed by atoms with Crippen molar-refractivity contribution in [3.05, 3.63) is 71.8 Å². The van der Waals surface area contributed by atoms with Crippen molar-refractivity contribution in [3.63, 3.8) is 0 Å². The Hall–Kier alpha value is -2.37. The van der Waals surface area contributed by atoms with E-state index >= 15 is 0 Å². The van der Waals surface area contributed by atoms with Crippen molar-refractivity contribution in [1.82, 2.24) is 10.6 Å². The van der Waals surface area contributed by atoms with Gasteiger partial charge in [-0.15, -0.1) is 0 Å². The minimum atomic E-state index is 0.117. The molecule has 3 unspecified atom stereocenters. The number of ether oxygens (including phenoxy) is 2. The van der Waals surface area contributed by atoms with Gasteiger partial charge in [0.05, 0.1) is 12.2 Å². The zero-order chi connectivity index (χ0) is 20.3. The van der Waals surface area contributed by atoms with Crippen LogP contribution in [0.1, 0.15) is 43.1 Å². The molecule has 1 aliphatic heterocycles. The fraction of sp³-hybridized carbons (Fsp3) is 0.458. The lowest BCUT2D eigenvalue weighted by Crippen LogP contribution is -2.40. The van der Waals surface area contributed by atoms with Crippen LogP contribution in [0.25, 0.3) is 0 Å². The van der Waals surface area contributed by atoms with Gasteiger partial charge < -0.3 is 20.1 Å². The topological polar surface area (TPSA) is 54.9 Å². The monoisotopic (exact) mass is 395 g/mol. The Kier molecular flexibility index (Phi) is 8.53. The summed E-state index contributed by atoms with van der Waals surface area (Å²) in [6.07, 6.45) is 2.27. The molecule has 2 aromatic rings. The van der Waals surface area contributed by atoms with Gasteiger partial charge in [0.2, 0.25) is 0 Å². The first-order chi connectivity index (χ1) is 14.3. The van der Waals surface area contributed by atoms with Gasteiger partial charge >= 0.3 is 0 Å². The fourth-order valence-electron chi connectivity index (χ4n) is 3.66. The average Bonchev–Trinajstić information content (AvgIpc) is 3.25. The van der Waals surface area contributed by atoms with Crippen molar-refractivity contribution >= 4 is 5.96 Å². The molecule has 0 spiro atoms. The predicted molar refractivity (Wildman–Crippen MR) is 118 cm³/mol. The number of aliphatic imine (C=N–C) groups is 1. The smallest absolute Gasteiger partial charge is 0.190 e. The molecule has 5 nitrogen and oxygen atoms in total. The third-order valence-corrected chi connectivity index (χ3v) is 5.35. The van der Waals surface area contributed by atoms with Crippen molar-refractivity contribution in [1.29, 1.82) is 0 Å². The van der Waals surface area contributed by atoms with E-state index < -0.39 is 0 Å². The lowest BCUT2D eigenvalue weighted by Gasteiger charge is -2.21. The first kappa shape index (κ1) is 21.3. The van der Waals surface area contributed by atoms with Crippen LogP contribution in [0.5, 0.6) is 0 Å². The van der Waals surface area contributed by atoms with Crippen LogP contribution in [0.3, 0.4) is 0 Å². The highest BCUT2D eigenvalue weighted by Gasteiger charge is 2.29. The number of hydrogen-bond acceptors (Lipinski definition) is 3. The second-order valence-corrected chi connectivity index (χ2v) is 7.41. The molecule has 1 fully saturated rings. The Morgan fingerprint density at radius 1 is 1.10 bits per heavy atom. The molecule has 0 amide bonds. The van der Waals surface area contributed by atoms with Crippen LogP contribution in [-0.2, 0) is 9.47 Å². The van der Waals surface area contributed by atoms with Crippen LogP contribution >= 0.6 is 0 Å². The zero-order valence-electron chi connectivity index (χ0n) is 17.5. The molecule has 3 atom stereocenters. The second kappa shape index (κ2) is 11.6. The Bertz CT molecular complexity index is 736. The molecule has 1 saturated heterocycles. The minimum absolute atomic E-state index is 0.117. The molecule has 0 saturated carbocycles. The number of rotatable bonds is 9. The highest BCUT2D eigenvalue weighted by molar-refractivity contribution is 5.79. The lowest BCUT2D eigenvalue weighted by molar-refractivity contribution is 0.0646. The minimum Gasteiger partial charge on any atom is -0.374 e. The Labute approximate surface area is 174 Å². The lowest BCUT2D eigenvalue weighted by atomic mass is 9.95. The fourth-order valence-corrected chi connectivity index (χ4v) is 3.66. The van der Waals surface area contributed by atoms with Gasteiger partial charge in [-0.2, -0.15) is 0 Å². The highest BCUT2D eigenvalue weighted by Crippen LogP contribution is 2.33. The Balaban J connectivity index is 1.34. The maximum absolute atomic E-state index is 5.97. The van der Waals surface area contributed by atoms with E-state index in [0.29, 0.717) is 12.5 Å². The van der Waals surface area contributed by atoms with Crippen molar-refractivity contribution in [2.45, 2.75) is 32.0 Å². The van der Waals surface area contributed by atoms with Crippen molar-refractivity contribution in [3.8, 4) is 0 Å². The molecule has 1 aliphatic rings. The van der Waals surface area contributed by atoms with E-state index in [1.54, 1.807) is 0 Å². The van der Waals surface area contributed by atoms with Gasteiger partial charge in [0.25, 0.3) is 0 Å². The summed E-state index contributed by atoms with van der Waals surface area (Å²) in [6.45, 7) is 5.29. The van der Waals surface area contributed by atoms with E-state index in [-0.39, 0.29) is 12.2 Å². The number of benzene rings is 2. The number of guanidine groups is 1. The van der Waals surface area contributed by atoms with Gasteiger partial charge in [-0.25, -0.2) is 0 Å². The third kappa shape index (κ3) is 6.58. The summed E-state index contributed by atoms with van der Waals surface area (Å²) in [4.78, 5) is 4.34. The van der Waals surface area contributed by atoms with Gasteiger partial charge in [0.15, 0.2) is 5.96 Å². The number of nitrogens with one attached hydrogen (secondary N) is 2. The maximum atomic E-state index is 5.97. The van der Waals surface area contributed by atoms with E-state index in [4.69, 9.17) is 9.47 Å². The molecular weight excluding hydrogens is 362 g/mol. The van der Waals surface area contributed by atoms with Crippen molar-refractivity contribution in [2.24, 2.45) is 10.9 Å². The molecule has 1 heterocycles. The summed E-state index contributed by atoms with van der Waals surface area (Å²) in [6, 6.07) is 20.8. The van der Waals surface area contributed by atoms with Gasteiger partial charge in [0, 0.05) is 39.3 Å². The molecule has 0 aromatic heterocycles. The van der Waals surface area contributed by atoms with Gasteiger partial charge in [-0.3, -0.25) is 4.99 Å². The van der Waals surface area contributed by atoms with Crippen LogP contribution < -0.4 is 10.6 Å². The van der Waals surface area contributed by atoms with E-state index in [2.05, 4.69) is 58.9 Å². The summed E-state index contributed by atoms with van der Waals surface area (Å²) in [5.41, 5.74) is 2.47. The molecule has 0 aliphatic carbocycles. The Morgan fingerprint density at radius 3 is 2.55 bits per heavy atom. The van der Waals surface area contributed by atoms with Crippen molar-refractivity contribution in [2.75, 3.05) is 33.4 Å². The molecule has 3 rings (SSSR count). The summed E-state index contributed by atoms with van der Waals surface area (Å²) in [5, 5.41) is 6.83. The molecule has 5 heteroatoms. The molecule has 29 heavy (non-hydrogen) atoms. The molecule has 2 aromatic carbocycles. The highest BCUT2D eigenvalue weighted by atomic mass is 16.5. The molecular formula is C24H33N3O2. The molecule has 0 radical (unpaired) electrons. The summed E-state index contributed by atoms with van der Waals surface area (Å²) in [5.74, 6) is 1.28. The summed E-state index contributed by atoms with van der Waals surface area (Å²) < 4.78 is 11.9. The standard InChI is InChI=1S/C24H33N3O2/c1-19(20-10-5-3-6-11-20)28-16-9-15-26-24(25-2)27-18-22-14-17-29-23(22)21-12-7-4-8-13-21/h3-8,10-13,19,22-23H,9,14-18H2,1-2H3,(H2,25,26,27). The average molecular weight is 396 g/mol. The van der Waals surface area contributed by atoms with Gasteiger partial charge in [-0.05, 0) is 30.9 Å².